The van der Waals surface area contributed by atoms with Crippen molar-refractivity contribution in [3.63, 3.8) is 0 Å². The zero-order valence-electron chi connectivity index (χ0n) is 11.1. The first-order valence-corrected chi connectivity index (χ1v) is 6.35. The number of anilines is 1. The summed E-state index contributed by atoms with van der Waals surface area (Å²) in [7, 11) is 0. The quantitative estimate of drug-likeness (QED) is 0.879. The number of ether oxygens (including phenoxy) is 1. The normalized spacial score (nSPS) is 26.2. The lowest BCUT2D eigenvalue weighted by atomic mass is 10.1. The molecule has 1 aliphatic rings. The average Bonchev–Trinajstić information content (AvgIpc) is 2.27. The molecule has 0 aromatic heterocycles. The third-order valence-corrected chi connectivity index (χ3v) is 3.21. The van der Waals surface area contributed by atoms with Crippen molar-refractivity contribution in [1.29, 1.82) is 0 Å². The highest BCUT2D eigenvalue weighted by Gasteiger charge is 2.24. The van der Waals surface area contributed by atoms with Gasteiger partial charge < -0.3 is 14.7 Å². The Balaban J connectivity index is 2.22. The van der Waals surface area contributed by atoms with Crippen LogP contribution in [-0.4, -0.2) is 30.4 Å². The first-order chi connectivity index (χ1) is 8.47. The second-order valence-electron chi connectivity index (χ2n) is 5.05. The molecule has 0 amide bonds. The van der Waals surface area contributed by atoms with E-state index in [1.807, 2.05) is 18.7 Å². The van der Waals surface area contributed by atoms with Crippen LogP contribution in [0.25, 0.3) is 0 Å². The predicted molar refractivity (Wildman–Crippen MR) is 69.3 cm³/mol. The Morgan fingerprint density at radius 2 is 1.94 bits per heavy atom. The van der Waals surface area contributed by atoms with Crippen LogP contribution in [0.1, 0.15) is 32.4 Å². The lowest BCUT2D eigenvalue weighted by molar-refractivity contribution is -0.00539. The zero-order valence-corrected chi connectivity index (χ0v) is 11.1. The van der Waals surface area contributed by atoms with Gasteiger partial charge in [-0.05, 0) is 38.5 Å². The zero-order chi connectivity index (χ0) is 13.3. The minimum absolute atomic E-state index is 0.101. The molecule has 0 spiro atoms. The van der Waals surface area contributed by atoms with Gasteiger partial charge in [0, 0.05) is 13.1 Å². The molecule has 1 aliphatic heterocycles. The van der Waals surface area contributed by atoms with E-state index in [9.17, 15) is 9.50 Å². The van der Waals surface area contributed by atoms with Crippen molar-refractivity contribution in [2.45, 2.75) is 39.1 Å². The van der Waals surface area contributed by atoms with Crippen molar-refractivity contribution in [3.05, 3.63) is 29.6 Å². The van der Waals surface area contributed by atoms with Crippen LogP contribution >= 0.6 is 0 Å². The van der Waals surface area contributed by atoms with Gasteiger partial charge in [0.25, 0.3) is 0 Å². The predicted octanol–water partition coefficient (Wildman–Crippen LogP) is 2.49. The average molecular weight is 253 g/mol. The fourth-order valence-electron chi connectivity index (χ4n) is 2.41. The van der Waals surface area contributed by atoms with Gasteiger partial charge in [0.1, 0.15) is 5.82 Å². The van der Waals surface area contributed by atoms with Gasteiger partial charge in [-0.15, -0.1) is 0 Å². The van der Waals surface area contributed by atoms with Crippen LogP contribution in [0, 0.1) is 5.82 Å². The lowest BCUT2D eigenvalue weighted by Crippen LogP contribution is -2.45. The SMILES string of the molecule is CC1CN(c2ccc([C@H](C)O)cc2F)CC(C)O1. The third kappa shape index (κ3) is 2.82. The van der Waals surface area contributed by atoms with E-state index in [4.69, 9.17) is 4.74 Å². The number of benzene rings is 1. The second-order valence-corrected chi connectivity index (χ2v) is 5.05. The Hall–Kier alpha value is -1.13. The van der Waals surface area contributed by atoms with E-state index in [1.54, 1.807) is 19.1 Å². The molecule has 1 heterocycles. The van der Waals surface area contributed by atoms with Crippen LogP contribution in [0.4, 0.5) is 10.1 Å². The summed E-state index contributed by atoms with van der Waals surface area (Å²) in [6, 6.07) is 4.92. The van der Waals surface area contributed by atoms with E-state index in [1.165, 1.54) is 6.07 Å². The molecule has 4 heteroatoms. The largest absolute Gasteiger partial charge is 0.389 e. The summed E-state index contributed by atoms with van der Waals surface area (Å²) in [4.78, 5) is 2.00. The van der Waals surface area contributed by atoms with Gasteiger partial charge in [-0.1, -0.05) is 6.07 Å². The first-order valence-electron chi connectivity index (χ1n) is 6.35. The third-order valence-electron chi connectivity index (χ3n) is 3.21. The monoisotopic (exact) mass is 253 g/mol. The Bertz CT molecular complexity index is 412. The van der Waals surface area contributed by atoms with Crippen LogP contribution in [0.15, 0.2) is 18.2 Å². The molecular formula is C14H20FNO2. The van der Waals surface area contributed by atoms with Gasteiger partial charge in [0.15, 0.2) is 0 Å². The van der Waals surface area contributed by atoms with Gasteiger partial charge in [-0.25, -0.2) is 4.39 Å². The second kappa shape index (κ2) is 5.24. The minimum Gasteiger partial charge on any atom is -0.389 e. The van der Waals surface area contributed by atoms with Crippen molar-refractivity contribution < 1.29 is 14.2 Å². The molecule has 1 aromatic carbocycles. The Morgan fingerprint density at radius 1 is 1.33 bits per heavy atom. The standard InChI is InChI=1S/C14H20FNO2/c1-9-7-16(8-10(2)18-9)14-5-4-12(11(3)17)6-13(14)15/h4-6,9-11,17H,7-8H2,1-3H3/t9?,10?,11-/m0/s1. The summed E-state index contributed by atoms with van der Waals surface area (Å²) in [5, 5.41) is 9.43. The topological polar surface area (TPSA) is 32.7 Å². The van der Waals surface area contributed by atoms with E-state index in [-0.39, 0.29) is 18.0 Å². The van der Waals surface area contributed by atoms with Crippen molar-refractivity contribution in [1.82, 2.24) is 0 Å². The van der Waals surface area contributed by atoms with Gasteiger partial charge in [-0.3, -0.25) is 0 Å². The molecular weight excluding hydrogens is 233 g/mol. The Morgan fingerprint density at radius 3 is 2.44 bits per heavy atom. The molecule has 2 rings (SSSR count). The van der Waals surface area contributed by atoms with Crippen molar-refractivity contribution >= 4 is 5.69 Å². The van der Waals surface area contributed by atoms with E-state index in [2.05, 4.69) is 0 Å². The molecule has 1 saturated heterocycles. The molecule has 18 heavy (non-hydrogen) atoms. The molecule has 0 saturated carbocycles. The van der Waals surface area contributed by atoms with Gasteiger partial charge in [-0.2, -0.15) is 0 Å². The van der Waals surface area contributed by atoms with Crippen molar-refractivity contribution in [2.24, 2.45) is 0 Å². The molecule has 1 fully saturated rings. The Kier molecular flexibility index (Phi) is 3.88. The Labute approximate surface area is 107 Å². The van der Waals surface area contributed by atoms with Gasteiger partial charge in [0.2, 0.25) is 0 Å². The maximum Gasteiger partial charge on any atom is 0.146 e. The van der Waals surface area contributed by atoms with E-state index in [0.29, 0.717) is 24.3 Å². The number of halogens is 1. The number of nitrogens with zero attached hydrogens (tertiary/aromatic N) is 1. The number of aliphatic hydroxyl groups excluding tert-OH is 1. The molecule has 1 N–H and O–H groups in total. The summed E-state index contributed by atoms with van der Waals surface area (Å²) in [5.41, 5.74) is 1.19. The smallest absolute Gasteiger partial charge is 0.146 e. The molecule has 3 atom stereocenters. The number of morpholine rings is 1. The van der Waals surface area contributed by atoms with E-state index in [0.717, 1.165) is 0 Å². The van der Waals surface area contributed by atoms with Crippen LogP contribution in [-0.2, 0) is 4.74 Å². The highest BCUT2D eigenvalue weighted by molar-refractivity contribution is 5.50. The first kappa shape index (κ1) is 13.3. The summed E-state index contributed by atoms with van der Waals surface area (Å²) in [6.07, 6.45) is -0.440. The summed E-state index contributed by atoms with van der Waals surface area (Å²) >= 11 is 0. The van der Waals surface area contributed by atoms with E-state index >= 15 is 0 Å². The highest BCUT2D eigenvalue weighted by Crippen LogP contribution is 2.26. The molecule has 2 unspecified atom stereocenters. The molecule has 1 aromatic rings. The van der Waals surface area contributed by atoms with Crippen molar-refractivity contribution in [3.8, 4) is 0 Å². The number of hydrogen-bond donors (Lipinski definition) is 1. The number of rotatable bonds is 2. The molecule has 0 bridgehead atoms. The van der Waals surface area contributed by atoms with Crippen LogP contribution < -0.4 is 4.90 Å². The van der Waals surface area contributed by atoms with Crippen LogP contribution in [0.2, 0.25) is 0 Å². The van der Waals surface area contributed by atoms with Gasteiger partial charge >= 0.3 is 0 Å². The van der Waals surface area contributed by atoms with Crippen LogP contribution in [0.3, 0.4) is 0 Å². The summed E-state index contributed by atoms with van der Waals surface area (Å²) in [6.45, 7) is 6.99. The van der Waals surface area contributed by atoms with E-state index < -0.39 is 6.10 Å². The summed E-state index contributed by atoms with van der Waals surface area (Å²) in [5.74, 6) is -0.283. The molecule has 0 aliphatic carbocycles. The lowest BCUT2D eigenvalue weighted by Gasteiger charge is -2.37. The maximum absolute atomic E-state index is 14.1. The highest BCUT2D eigenvalue weighted by atomic mass is 19.1. The maximum atomic E-state index is 14.1. The molecule has 3 nitrogen and oxygen atoms in total. The van der Waals surface area contributed by atoms with Crippen molar-refractivity contribution in [2.75, 3.05) is 18.0 Å². The fourth-order valence-corrected chi connectivity index (χ4v) is 2.41. The van der Waals surface area contributed by atoms with Crippen LogP contribution in [0.5, 0.6) is 0 Å². The number of aliphatic hydroxyl groups is 1. The van der Waals surface area contributed by atoms with Gasteiger partial charge in [0.05, 0.1) is 24.0 Å². The molecule has 0 radical (unpaired) electrons. The molecule has 100 valence electrons. The minimum atomic E-state index is -0.643. The fraction of sp³-hybridized carbons (Fsp3) is 0.571. The summed E-state index contributed by atoms with van der Waals surface area (Å²) < 4.78 is 19.7. The number of hydrogen-bond acceptors (Lipinski definition) is 3.